The molecule has 1 aliphatic rings. The van der Waals surface area contributed by atoms with E-state index >= 15 is 0 Å². The molecule has 2 aromatic rings. The van der Waals surface area contributed by atoms with Crippen LogP contribution in [0.2, 0.25) is 0 Å². The number of benzene rings is 1. The number of fused-ring (bicyclic) bond motifs is 1. The van der Waals surface area contributed by atoms with E-state index in [1.54, 1.807) is 0 Å². The molecule has 1 N–H and O–H groups in total. The van der Waals surface area contributed by atoms with Gasteiger partial charge in [-0.05, 0) is 31.0 Å². The highest BCUT2D eigenvalue weighted by Crippen LogP contribution is 2.42. The van der Waals surface area contributed by atoms with Crippen molar-refractivity contribution in [2.24, 2.45) is 0 Å². The second-order valence-electron chi connectivity index (χ2n) is 5.25. The average molecular weight is 255 g/mol. The Kier molecular flexibility index (Phi) is 3.38. The smallest absolute Gasteiger partial charge is 0.126 e. The van der Waals surface area contributed by atoms with Crippen LogP contribution in [0.25, 0.3) is 0 Å². The average Bonchev–Trinajstić information content (AvgIpc) is 2.85. The maximum absolute atomic E-state index is 4.58. The normalized spacial score (nSPS) is 18.7. The molecule has 100 valence electrons. The summed E-state index contributed by atoms with van der Waals surface area (Å²) in [4.78, 5) is 4.58. The minimum atomic E-state index is 0.316. The number of hydrogen-bond donors (Lipinski definition) is 1. The Morgan fingerprint density at radius 3 is 3.00 bits per heavy atom. The molecule has 0 amide bonds. The number of nitrogens with one attached hydrogen (secondary N) is 1. The van der Waals surface area contributed by atoms with E-state index in [2.05, 4.69) is 52.3 Å². The lowest BCUT2D eigenvalue weighted by Gasteiger charge is -2.36. The zero-order chi connectivity index (χ0) is 13.2. The largest absolute Gasteiger partial charge is 0.334 e. The molecule has 1 aliphatic carbocycles. The highest BCUT2D eigenvalue weighted by molar-refractivity contribution is 5.42. The van der Waals surface area contributed by atoms with Gasteiger partial charge in [-0.15, -0.1) is 0 Å². The predicted octanol–water partition coefficient (Wildman–Crippen LogP) is 2.89. The lowest BCUT2D eigenvalue weighted by Crippen LogP contribution is -2.33. The van der Waals surface area contributed by atoms with E-state index in [4.69, 9.17) is 0 Å². The van der Waals surface area contributed by atoms with Crippen molar-refractivity contribution < 1.29 is 0 Å². The number of rotatable bonds is 5. The minimum Gasteiger partial charge on any atom is -0.334 e. The van der Waals surface area contributed by atoms with Gasteiger partial charge in [0.1, 0.15) is 5.82 Å². The van der Waals surface area contributed by atoms with E-state index in [9.17, 15) is 0 Å². The first kappa shape index (κ1) is 12.4. The van der Waals surface area contributed by atoms with Gasteiger partial charge in [0.2, 0.25) is 0 Å². The van der Waals surface area contributed by atoms with Crippen LogP contribution in [0, 0.1) is 0 Å². The van der Waals surface area contributed by atoms with Crippen molar-refractivity contribution in [1.29, 1.82) is 0 Å². The quantitative estimate of drug-likeness (QED) is 0.890. The summed E-state index contributed by atoms with van der Waals surface area (Å²) in [6.45, 7) is 3.25. The lowest BCUT2D eigenvalue weighted by atomic mass is 9.73. The van der Waals surface area contributed by atoms with Gasteiger partial charge in [-0.25, -0.2) is 4.98 Å². The Morgan fingerprint density at radius 1 is 1.42 bits per heavy atom. The second-order valence-corrected chi connectivity index (χ2v) is 5.25. The van der Waals surface area contributed by atoms with Crippen molar-refractivity contribution in [2.75, 3.05) is 7.05 Å². The van der Waals surface area contributed by atoms with Gasteiger partial charge in [0.25, 0.3) is 0 Å². The number of hydrogen-bond acceptors (Lipinski definition) is 2. The molecule has 0 bridgehead atoms. The highest BCUT2D eigenvalue weighted by Gasteiger charge is 2.34. The molecule has 0 fully saturated rings. The number of nitrogens with zero attached hydrogens (tertiary/aromatic N) is 2. The first-order valence-electron chi connectivity index (χ1n) is 7.11. The van der Waals surface area contributed by atoms with Crippen LogP contribution in [-0.2, 0) is 13.0 Å². The number of imidazole rings is 1. The van der Waals surface area contributed by atoms with Crippen LogP contribution in [-0.4, -0.2) is 16.6 Å². The molecule has 0 spiro atoms. The van der Waals surface area contributed by atoms with Crippen LogP contribution in [0.5, 0.6) is 0 Å². The Labute approximate surface area is 114 Å². The third-order valence-corrected chi connectivity index (χ3v) is 4.10. The minimum absolute atomic E-state index is 0.316. The topological polar surface area (TPSA) is 29.9 Å². The van der Waals surface area contributed by atoms with Crippen LogP contribution in [0.1, 0.15) is 42.3 Å². The van der Waals surface area contributed by atoms with Crippen LogP contribution >= 0.6 is 0 Å². The summed E-state index contributed by atoms with van der Waals surface area (Å²) in [6.07, 6.45) is 6.30. The van der Waals surface area contributed by atoms with Gasteiger partial charge in [0.05, 0.1) is 6.04 Å². The zero-order valence-electron chi connectivity index (χ0n) is 11.6. The molecule has 2 atom stereocenters. The molecule has 2 unspecified atom stereocenters. The Bertz CT molecular complexity index is 559. The van der Waals surface area contributed by atoms with Crippen molar-refractivity contribution in [3.05, 3.63) is 53.6 Å². The third kappa shape index (κ3) is 2.08. The highest BCUT2D eigenvalue weighted by atomic mass is 15.1. The molecule has 0 saturated carbocycles. The molecule has 0 radical (unpaired) electrons. The number of likely N-dealkylation sites (N-methyl/N-ethyl adjacent to an activating group) is 1. The zero-order valence-corrected chi connectivity index (χ0v) is 11.6. The van der Waals surface area contributed by atoms with Crippen LogP contribution in [0.3, 0.4) is 0 Å². The standard InChI is InChI=1S/C16H21N3/c1-3-9-19-10-8-18-16(19)15(17-2)14-11-12-6-4-5-7-13(12)14/h4-8,10,14-15,17H,3,9,11H2,1-2H3. The van der Waals surface area contributed by atoms with E-state index in [0.29, 0.717) is 12.0 Å². The van der Waals surface area contributed by atoms with Crippen LogP contribution < -0.4 is 5.32 Å². The predicted molar refractivity (Wildman–Crippen MR) is 77.2 cm³/mol. The van der Waals surface area contributed by atoms with Crippen molar-refractivity contribution in [3.8, 4) is 0 Å². The fourth-order valence-corrected chi connectivity index (χ4v) is 3.13. The van der Waals surface area contributed by atoms with Gasteiger partial charge in [-0.2, -0.15) is 0 Å². The molecule has 1 heterocycles. The monoisotopic (exact) mass is 255 g/mol. The summed E-state index contributed by atoms with van der Waals surface area (Å²) in [5.41, 5.74) is 2.97. The van der Waals surface area contributed by atoms with E-state index in [1.807, 2.05) is 13.2 Å². The molecule has 19 heavy (non-hydrogen) atoms. The van der Waals surface area contributed by atoms with Gasteiger partial charge in [0.15, 0.2) is 0 Å². The maximum Gasteiger partial charge on any atom is 0.126 e. The van der Waals surface area contributed by atoms with Crippen molar-refractivity contribution in [3.63, 3.8) is 0 Å². The Morgan fingerprint density at radius 2 is 2.26 bits per heavy atom. The summed E-state index contributed by atoms with van der Waals surface area (Å²) in [5.74, 6) is 1.73. The maximum atomic E-state index is 4.58. The molecular weight excluding hydrogens is 234 g/mol. The SMILES string of the molecule is CCCn1ccnc1C(NC)C1Cc2ccccc21. The fraction of sp³-hybridized carbons (Fsp3) is 0.438. The Balaban J connectivity index is 1.88. The molecular formula is C16H21N3. The van der Waals surface area contributed by atoms with E-state index in [0.717, 1.165) is 19.4 Å². The van der Waals surface area contributed by atoms with E-state index in [-0.39, 0.29) is 0 Å². The second kappa shape index (κ2) is 5.17. The first-order valence-corrected chi connectivity index (χ1v) is 7.11. The van der Waals surface area contributed by atoms with Crippen molar-refractivity contribution in [2.45, 2.75) is 38.3 Å². The van der Waals surface area contributed by atoms with Gasteiger partial charge >= 0.3 is 0 Å². The van der Waals surface area contributed by atoms with Gasteiger partial charge in [-0.1, -0.05) is 31.2 Å². The molecule has 3 nitrogen and oxygen atoms in total. The van der Waals surface area contributed by atoms with Crippen molar-refractivity contribution >= 4 is 0 Å². The molecule has 1 aromatic carbocycles. The van der Waals surface area contributed by atoms with E-state index < -0.39 is 0 Å². The molecule has 3 heteroatoms. The molecule has 0 saturated heterocycles. The van der Waals surface area contributed by atoms with Crippen molar-refractivity contribution in [1.82, 2.24) is 14.9 Å². The lowest BCUT2D eigenvalue weighted by molar-refractivity contribution is 0.404. The first-order chi connectivity index (χ1) is 9.35. The van der Waals surface area contributed by atoms with Crippen LogP contribution in [0.15, 0.2) is 36.7 Å². The van der Waals surface area contributed by atoms with Gasteiger partial charge in [0, 0.05) is 24.9 Å². The Hall–Kier alpha value is -1.61. The molecule has 3 rings (SSSR count). The number of aryl methyl sites for hydroxylation is 1. The van der Waals surface area contributed by atoms with Gasteiger partial charge in [-0.3, -0.25) is 0 Å². The fourth-order valence-electron chi connectivity index (χ4n) is 3.13. The summed E-state index contributed by atoms with van der Waals surface area (Å²) < 4.78 is 2.28. The molecule has 1 aromatic heterocycles. The summed E-state index contributed by atoms with van der Waals surface area (Å²) in [7, 11) is 2.04. The van der Waals surface area contributed by atoms with E-state index in [1.165, 1.54) is 17.0 Å². The van der Waals surface area contributed by atoms with Gasteiger partial charge < -0.3 is 9.88 Å². The summed E-state index contributed by atoms with van der Waals surface area (Å²) in [6, 6.07) is 9.06. The third-order valence-electron chi connectivity index (χ3n) is 4.10. The summed E-state index contributed by atoms with van der Waals surface area (Å²) >= 11 is 0. The number of aromatic nitrogens is 2. The van der Waals surface area contributed by atoms with Crippen LogP contribution in [0.4, 0.5) is 0 Å². The molecule has 0 aliphatic heterocycles. The summed E-state index contributed by atoms with van der Waals surface area (Å²) in [5, 5.41) is 3.46.